The molecule has 27 heavy (non-hydrogen) atoms. The molecule has 1 aromatic heterocycles. The number of rotatable bonds is 7. The van der Waals surface area contributed by atoms with Gasteiger partial charge in [-0.25, -0.2) is 9.97 Å². The average Bonchev–Trinajstić information content (AvgIpc) is 3.50. The van der Waals surface area contributed by atoms with Crippen LogP contribution in [0.2, 0.25) is 5.02 Å². The first-order chi connectivity index (χ1) is 13.0. The molecule has 1 aromatic carbocycles. The minimum Gasteiger partial charge on any atom is -0.481 e. The van der Waals surface area contributed by atoms with Crippen molar-refractivity contribution in [2.24, 2.45) is 5.92 Å². The average molecular weight is 389 g/mol. The van der Waals surface area contributed by atoms with E-state index in [0.29, 0.717) is 16.9 Å². The highest BCUT2D eigenvalue weighted by Crippen LogP contribution is 2.41. The zero-order valence-corrected chi connectivity index (χ0v) is 16.2. The molecule has 7 heteroatoms. The molecule has 2 saturated carbocycles. The summed E-state index contributed by atoms with van der Waals surface area (Å²) in [5.74, 6) is 1.32. The second-order valence-corrected chi connectivity index (χ2v) is 7.54. The number of anilines is 2. The van der Waals surface area contributed by atoms with Crippen LogP contribution < -0.4 is 10.6 Å². The molecule has 0 aliphatic heterocycles. The van der Waals surface area contributed by atoms with Gasteiger partial charge in [0.15, 0.2) is 0 Å². The van der Waals surface area contributed by atoms with Crippen LogP contribution in [0.25, 0.3) is 0 Å². The van der Waals surface area contributed by atoms with Crippen LogP contribution in [0.3, 0.4) is 0 Å². The molecule has 1 heterocycles. The number of benzene rings is 1. The van der Waals surface area contributed by atoms with Crippen molar-refractivity contribution in [3.63, 3.8) is 0 Å². The molecule has 3 N–H and O–H groups in total. The standard InChI is InChI=1S/C18H21ClN4.C2H4O2/c19-15-2-1-3-16(8-15)22-18-21-11-14(10-20-9-12-4-5-12)17(23-18)13-6-7-13;1-2(3)4/h1-3,8,11-13,20H,4-7,9-10H2,(H,21,22,23);1H3,(H,3,4). The number of carboxylic acid groups (broad SMARTS) is 1. The molecule has 0 spiro atoms. The molecule has 2 aliphatic rings. The predicted molar refractivity (Wildman–Crippen MR) is 106 cm³/mol. The van der Waals surface area contributed by atoms with Crippen LogP contribution in [0.4, 0.5) is 11.6 Å². The quantitative estimate of drug-likeness (QED) is 0.654. The number of aromatic nitrogens is 2. The topological polar surface area (TPSA) is 87.1 Å². The lowest BCUT2D eigenvalue weighted by atomic mass is 10.1. The second kappa shape index (κ2) is 9.15. The predicted octanol–water partition coefficient (Wildman–Crippen LogP) is 4.34. The van der Waals surface area contributed by atoms with E-state index in [1.165, 1.54) is 36.9 Å². The van der Waals surface area contributed by atoms with E-state index in [2.05, 4.69) is 15.6 Å². The van der Waals surface area contributed by atoms with Crippen molar-refractivity contribution in [3.05, 3.63) is 46.7 Å². The van der Waals surface area contributed by atoms with Crippen molar-refractivity contribution >= 4 is 29.2 Å². The van der Waals surface area contributed by atoms with E-state index in [4.69, 9.17) is 26.5 Å². The third kappa shape index (κ3) is 6.81. The highest BCUT2D eigenvalue weighted by atomic mass is 35.5. The summed E-state index contributed by atoms with van der Waals surface area (Å²) in [6.45, 7) is 3.08. The van der Waals surface area contributed by atoms with Crippen LogP contribution in [0.15, 0.2) is 30.5 Å². The third-order valence-electron chi connectivity index (χ3n) is 4.39. The van der Waals surface area contributed by atoms with Crippen LogP contribution >= 0.6 is 11.6 Å². The number of halogens is 1. The first-order valence-corrected chi connectivity index (χ1v) is 9.67. The van der Waals surface area contributed by atoms with Gasteiger partial charge in [0.1, 0.15) is 0 Å². The summed E-state index contributed by atoms with van der Waals surface area (Å²) in [6, 6.07) is 7.63. The minimum absolute atomic E-state index is 0.607. The van der Waals surface area contributed by atoms with Gasteiger partial charge in [-0.1, -0.05) is 17.7 Å². The maximum Gasteiger partial charge on any atom is 0.300 e. The molecular weight excluding hydrogens is 364 g/mol. The Balaban J connectivity index is 0.000000481. The summed E-state index contributed by atoms with van der Waals surface area (Å²) in [5, 5.41) is 14.9. The highest BCUT2D eigenvalue weighted by molar-refractivity contribution is 6.30. The van der Waals surface area contributed by atoms with E-state index in [1.54, 1.807) is 0 Å². The van der Waals surface area contributed by atoms with Crippen LogP contribution in [-0.4, -0.2) is 27.6 Å². The van der Waals surface area contributed by atoms with Crippen molar-refractivity contribution in [2.45, 2.75) is 45.1 Å². The molecule has 0 radical (unpaired) electrons. The summed E-state index contributed by atoms with van der Waals surface area (Å²) in [5.41, 5.74) is 3.36. The van der Waals surface area contributed by atoms with Gasteiger partial charge in [0.05, 0.1) is 5.69 Å². The fraction of sp³-hybridized carbons (Fsp3) is 0.450. The lowest BCUT2D eigenvalue weighted by molar-refractivity contribution is -0.134. The van der Waals surface area contributed by atoms with E-state index in [0.717, 1.165) is 31.6 Å². The number of nitrogens with one attached hydrogen (secondary N) is 2. The van der Waals surface area contributed by atoms with E-state index in [-0.39, 0.29) is 0 Å². The third-order valence-corrected chi connectivity index (χ3v) is 4.62. The van der Waals surface area contributed by atoms with Crippen LogP contribution in [0, 0.1) is 5.92 Å². The minimum atomic E-state index is -0.833. The van der Waals surface area contributed by atoms with Crippen LogP contribution in [-0.2, 0) is 11.3 Å². The lowest BCUT2D eigenvalue weighted by Gasteiger charge is -2.12. The monoisotopic (exact) mass is 388 g/mol. The van der Waals surface area contributed by atoms with Crippen molar-refractivity contribution in [2.75, 3.05) is 11.9 Å². The SMILES string of the molecule is CC(=O)O.Clc1cccc(Nc2ncc(CNCC3CC3)c(C3CC3)n2)c1. The molecule has 144 valence electrons. The molecule has 0 amide bonds. The number of hydrogen-bond donors (Lipinski definition) is 3. The molecule has 2 aliphatic carbocycles. The number of carboxylic acids is 1. The fourth-order valence-electron chi connectivity index (χ4n) is 2.75. The van der Waals surface area contributed by atoms with Crippen LogP contribution in [0.5, 0.6) is 0 Å². The molecule has 2 fully saturated rings. The Kier molecular flexibility index (Phi) is 6.63. The van der Waals surface area contributed by atoms with Crippen molar-refractivity contribution in [1.82, 2.24) is 15.3 Å². The number of hydrogen-bond acceptors (Lipinski definition) is 5. The number of aliphatic carboxylic acids is 1. The van der Waals surface area contributed by atoms with E-state index in [9.17, 15) is 0 Å². The fourth-order valence-corrected chi connectivity index (χ4v) is 2.95. The smallest absolute Gasteiger partial charge is 0.300 e. The summed E-state index contributed by atoms with van der Waals surface area (Å²) >= 11 is 6.03. The molecule has 0 atom stereocenters. The Morgan fingerprint density at radius 1 is 1.30 bits per heavy atom. The maximum absolute atomic E-state index is 9.00. The maximum atomic E-state index is 9.00. The van der Waals surface area contributed by atoms with Gasteiger partial charge in [0, 0.05) is 41.9 Å². The summed E-state index contributed by atoms with van der Waals surface area (Å²) in [4.78, 5) is 18.3. The van der Waals surface area contributed by atoms with E-state index < -0.39 is 5.97 Å². The number of carbonyl (C=O) groups is 1. The molecule has 6 nitrogen and oxygen atoms in total. The van der Waals surface area contributed by atoms with Gasteiger partial charge in [-0.2, -0.15) is 0 Å². The largest absolute Gasteiger partial charge is 0.481 e. The first-order valence-electron chi connectivity index (χ1n) is 9.30. The Hall–Kier alpha value is -2.18. The Labute approximate surface area is 164 Å². The molecule has 0 unspecified atom stereocenters. The summed E-state index contributed by atoms with van der Waals surface area (Å²) < 4.78 is 0. The van der Waals surface area contributed by atoms with Crippen molar-refractivity contribution in [3.8, 4) is 0 Å². The first kappa shape index (κ1) is 19.6. The van der Waals surface area contributed by atoms with Gasteiger partial charge < -0.3 is 15.7 Å². The van der Waals surface area contributed by atoms with Crippen LogP contribution in [0.1, 0.15) is 49.8 Å². The van der Waals surface area contributed by atoms with Crippen molar-refractivity contribution < 1.29 is 9.90 Å². The zero-order chi connectivity index (χ0) is 19.2. The molecule has 2 aromatic rings. The van der Waals surface area contributed by atoms with E-state index >= 15 is 0 Å². The molecule has 4 rings (SSSR count). The zero-order valence-electron chi connectivity index (χ0n) is 15.4. The van der Waals surface area contributed by atoms with E-state index in [1.807, 2.05) is 30.5 Å². The Morgan fingerprint density at radius 3 is 2.67 bits per heavy atom. The lowest BCUT2D eigenvalue weighted by Crippen LogP contribution is -2.18. The van der Waals surface area contributed by atoms with Gasteiger partial charge in [0.25, 0.3) is 5.97 Å². The van der Waals surface area contributed by atoms with Gasteiger partial charge in [-0.05, 0) is 56.3 Å². The molecule has 0 saturated heterocycles. The van der Waals surface area contributed by atoms with Gasteiger partial charge in [-0.3, -0.25) is 4.79 Å². The Morgan fingerprint density at radius 2 is 2.04 bits per heavy atom. The van der Waals surface area contributed by atoms with Gasteiger partial charge in [0.2, 0.25) is 5.95 Å². The normalized spacial score (nSPS) is 15.6. The molecule has 0 bridgehead atoms. The Bertz CT molecular complexity index is 787. The van der Waals surface area contributed by atoms with Gasteiger partial charge >= 0.3 is 0 Å². The van der Waals surface area contributed by atoms with Gasteiger partial charge in [-0.15, -0.1) is 0 Å². The summed E-state index contributed by atoms with van der Waals surface area (Å²) in [7, 11) is 0. The highest BCUT2D eigenvalue weighted by Gasteiger charge is 2.28. The summed E-state index contributed by atoms with van der Waals surface area (Å²) in [6.07, 6.45) is 7.20. The molecular formula is C20H25ClN4O2. The number of nitrogens with zero attached hydrogens (tertiary/aromatic N) is 2. The second-order valence-electron chi connectivity index (χ2n) is 7.11. The van der Waals surface area contributed by atoms with Crippen molar-refractivity contribution in [1.29, 1.82) is 0 Å².